The van der Waals surface area contributed by atoms with Gasteiger partial charge in [0.05, 0.1) is 6.42 Å². The topological polar surface area (TPSA) is 32.3 Å². The zero-order valence-electron chi connectivity index (χ0n) is 14.1. The van der Waals surface area contributed by atoms with Crippen LogP contribution in [0.5, 0.6) is 0 Å². The highest BCUT2D eigenvalue weighted by molar-refractivity contribution is 5.85. The van der Waals surface area contributed by atoms with E-state index in [-0.39, 0.29) is 5.91 Å². The molecule has 0 radical (unpaired) electrons. The van der Waals surface area contributed by atoms with Crippen LogP contribution in [0.1, 0.15) is 11.1 Å². The molecule has 0 saturated heterocycles. The van der Waals surface area contributed by atoms with Crippen molar-refractivity contribution in [1.29, 1.82) is 0 Å². The predicted molar refractivity (Wildman–Crippen MR) is 100 cm³/mol. The summed E-state index contributed by atoms with van der Waals surface area (Å²) in [7, 11) is 4.03. The van der Waals surface area contributed by atoms with E-state index in [1.54, 1.807) is 0 Å². The molecule has 1 N–H and O–H groups in total. The molecule has 3 nitrogen and oxygen atoms in total. The summed E-state index contributed by atoms with van der Waals surface area (Å²) in [6.45, 7) is 0.556. The molecule has 0 heterocycles. The van der Waals surface area contributed by atoms with E-state index in [2.05, 4.69) is 46.6 Å². The Morgan fingerprint density at radius 1 is 0.875 bits per heavy atom. The van der Waals surface area contributed by atoms with Gasteiger partial charge in [0.2, 0.25) is 5.91 Å². The quantitative estimate of drug-likeness (QED) is 0.777. The van der Waals surface area contributed by atoms with E-state index in [0.29, 0.717) is 13.0 Å². The molecule has 3 aromatic carbocycles. The molecule has 0 aliphatic heterocycles. The molecule has 1 amide bonds. The first-order valence-electron chi connectivity index (χ1n) is 8.12. The van der Waals surface area contributed by atoms with Crippen molar-refractivity contribution in [2.45, 2.75) is 13.0 Å². The fourth-order valence-corrected chi connectivity index (χ4v) is 2.71. The molecule has 0 aliphatic carbocycles. The molecule has 122 valence electrons. The SMILES string of the molecule is CN(C)c1ccc(CNC(=O)Cc2ccc3ccccc3c2)cc1. The van der Waals surface area contributed by atoms with Gasteiger partial charge in [0.25, 0.3) is 0 Å². The fraction of sp³-hybridized carbons (Fsp3) is 0.190. The van der Waals surface area contributed by atoms with Gasteiger partial charge in [-0.05, 0) is 34.0 Å². The molecular formula is C21H22N2O. The lowest BCUT2D eigenvalue weighted by atomic mass is 10.0. The molecule has 0 atom stereocenters. The van der Waals surface area contributed by atoms with Crippen LogP contribution in [0.3, 0.4) is 0 Å². The molecule has 0 unspecified atom stereocenters. The van der Waals surface area contributed by atoms with Gasteiger partial charge in [-0.2, -0.15) is 0 Å². The van der Waals surface area contributed by atoms with Gasteiger partial charge in [-0.3, -0.25) is 4.79 Å². The molecule has 0 fully saturated rings. The highest BCUT2D eigenvalue weighted by Crippen LogP contribution is 2.16. The third-order valence-electron chi connectivity index (χ3n) is 4.12. The lowest BCUT2D eigenvalue weighted by Crippen LogP contribution is -2.24. The number of nitrogens with one attached hydrogen (secondary N) is 1. The Labute approximate surface area is 142 Å². The van der Waals surface area contributed by atoms with E-state index in [0.717, 1.165) is 16.8 Å². The minimum absolute atomic E-state index is 0.0435. The van der Waals surface area contributed by atoms with Crippen molar-refractivity contribution >= 4 is 22.4 Å². The minimum Gasteiger partial charge on any atom is -0.378 e. The Hall–Kier alpha value is -2.81. The smallest absolute Gasteiger partial charge is 0.224 e. The maximum Gasteiger partial charge on any atom is 0.224 e. The molecule has 3 rings (SSSR count). The first-order chi connectivity index (χ1) is 11.6. The molecule has 3 aromatic rings. The van der Waals surface area contributed by atoms with E-state index in [1.807, 2.05) is 44.4 Å². The first-order valence-corrected chi connectivity index (χ1v) is 8.12. The van der Waals surface area contributed by atoms with Crippen molar-refractivity contribution in [3.63, 3.8) is 0 Å². The van der Waals surface area contributed by atoms with Crippen molar-refractivity contribution in [3.05, 3.63) is 77.9 Å². The van der Waals surface area contributed by atoms with E-state index in [4.69, 9.17) is 0 Å². The zero-order chi connectivity index (χ0) is 16.9. The van der Waals surface area contributed by atoms with Crippen LogP contribution in [0.4, 0.5) is 5.69 Å². The highest BCUT2D eigenvalue weighted by Gasteiger charge is 2.05. The van der Waals surface area contributed by atoms with Gasteiger partial charge in [-0.15, -0.1) is 0 Å². The maximum atomic E-state index is 12.2. The molecule has 3 heteroatoms. The van der Waals surface area contributed by atoms with Crippen LogP contribution in [0.15, 0.2) is 66.7 Å². The summed E-state index contributed by atoms with van der Waals surface area (Å²) in [6.07, 6.45) is 0.403. The summed E-state index contributed by atoms with van der Waals surface area (Å²) in [5, 5.41) is 5.36. The maximum absolute atomic E-state index is 12.2. The van der Waals surface area contributed by atoms with Gasteiger partial charge in [-0.25, -0.2) is 0 Å². The number of amides is 1. The molecule has 0 saturated carbocycles. The summed E-state index contributed by atoms with van der Waals surface area (Å²) in [6, 6.07) is 22.6. The Balaban J connectivity index is 1.58. The molecule has 0 bridgehead atoms. The normalized spacial score (nSPS) is 10.6. The van der Waals surface area contributed by atoms with E-state index in [9.17, 15) is 4.79 Å². The van der Waals surface area contributed by atoms with E-state index < -0.39 is 0 Å². The van der Waals surface area contributed by atoms with Crippen LogP contribution in [-0.4, -0.2) is 20.0 Å². The van der Waals surface area contributed by atoms with Crippen molar-refractivity contribution in [2.75, 3.05) is 19.0 Å². The Bertz CT molecular complexity index is 838. The number of hydrogen-bond acceptors (Lipinski definition) is 2. The average Bonchev–Trinajstić information content (AvgIpc) is 2.60. The van der Waals surface area contributed by atoms with E-state index in [1.165, 1.54) is 10.8 Å². The van der Waals surface area contributed by atoms with Crippen molar-refractivity contribution in [3.8, 4) is 0 Å². The summed E-state index contributed by atoms with van der Waals surface area (Å²) in [5.74, 6) is 0.0435. The molecular weight excluding hydrogens is 296 g/mol. The fourth-order valence-electron chi connectivity index (χ4n) is 2.71. The second-order valence-corrected chi connectivity index (χ2v) is 6.20. The van der Waals surface area contributed by atoms with Crippen LogP contribution in [0, 0.1) is 0 Å². The number of anilines is 1. The monoisotopic (exact) mass is 318 g/mol. The van der Waals surface area contributed by atoms with Gasteiger partial charge in [-0.1, -0.05) is 54.6 Å². The van der Waals surface area contributed by atoms with Crippen LogP contribution in [-0.2, 0) is 17.8 Å². The summed E-state index contributed by atoms with van der Waals surface area (Å²) >= 11 is 0. The van der Waals surface area contributed by atoms with Crippen molar-refractivity contribution in [1.82, 2.24) is 5.32 Å². The number of carbonyl (C=O) groups excluding carboxylic acids is 1. The first kappa shape index (κ1) is 16.1. The van der Waals surface area contributed by atoms with Crippen LogP contribution < -0.4 is 10.2 Å². The number of benzene rings is 3. The van der Waals surface area contributed by atoms with Crippen molar-refractivity contribution in [2.24, 2.45) is 0 Å². The van der Waals surface area contributed by atoms with Gasteiger partial charge < -0.3 is 10.2 Å². The third-order valence-corrected chi connectivity index (χ3v) is 4.12. The lowest BCUT2D eigenvalue weighted by molar-refractivity contribution is -0.120. The van der Waals surface area contributed by atoms with Gasteiger partial charge in [0, 0.05) is 26.3 Å². The number of fused-ring (bicyclic) bond motifs is 1. The Morgan fingerprint density at radius 2 is 1.54 bits per heavy atom. The largest absolute Gasteiger partial charge is 0.378 e. The second kappa shape index (κ2) is 7.18. The highest BCUT2D eigenvalue weighted by atomic mass is 16.1. The standard InChI is InChI=1S/C21H22N2O/c1-23(2)20-11-8-16(9-12-20)15-22-21(24)14-17-7-10-18-5-3-4-6-19(18)13-17/h3-13H,14-15H2,1-2H3,(H,22,24). The summed E-state index contributed by atoms with van der Waals surface area (Å²) < 4.78 is 0. The molecule has 0 aromatic heterocycles. The average molecular weight is 318 g/mol. The Morgan fingerprint density at radius 3 is 2.25 bits per heavy atom. The number of carbonyl (C=O) groups is 1. The zero-order valence-corrected chi connectivity index (χ0v) is 14.1. The van der Waals surface area contributed by atoms with Crippen LogP contribution >= 0.6 is 0 Å². The van der Waals surface area contributed by atoms with Gasteiger partial charge >= 0.3 is 0 Å². The van der Waals surface area contributed by atoms with Crippen LogP contribution in [0.25, 0.3) is 10.8 Å². The van der Waals surface area contributed by atoms with Crippen molar-refractivity contribution < 1.29 is 4.79 Å². The summed E-state index contributed by atoms with van der Waals surface area (Å²) in [5.41, 5.74) is 3.29. The Kier molecular flexibility index (Phi) is 4.80. The van der Waals surface area contributed by atoms with E-state index >= 15 is 0 Å². The lowest BCUT2D eigenvalue weighted by Gasteiger charge is -2.13. The van der Waals surface area contributed by atoms with Crippen LogP contribution in [0.2, 0.25) is 0 Å². The van der Waals surface area contributed by atoms with Gasteiger partial charge in [0.1, 0.15) is 0 Å². The number of hydrogen-bond donors (Lipinski definition) is 1. The number of rotatable bonds is 5. The predicted octanol–water partition coefficient (Wildman–Crippen LogP) is 3.76. The molecule has 0 spiro atoms. The number of nitrogens with zero attached hydrogens (tertiary/aromatic N) is 1. The summed E-state index contributed by atoms with van der Waals surface area (Å²) in [4.78, 5) is 14.2. The minimum atomic E-state index is 0.0435. The molecule has 0 aliphatic rings. The second-order valence-electron chi connectivity index (χ2n) is 6.20. The molecule has 24 heavy (non-hydrogen) atoms. The van der Waals surface area contributed by atoms with Gasteiger partial charge in [0.15, 0.2) is 0 Å². The third kappa shape index (κ3) is 3.93.